The molecular formula is C39H49F5O4S. The Bertz CT molecular complexity index is 1410. The highest BCUT2D eigenvalue weighted by Crippen LogP contribution is 2.64. The zero-order chi connectivity index (χ0) is 34.6. The lowest BCUT2D eigenvalue weighted by atomic mass is 9.51. The van der Waals surface area contributed by atoms with Gasteiger partial charge in [-0.3, -0.25) is 4.79 Å². The van der Waals surface area contributed by atoms with E-state index in [0.717, 1.165) is 88.1 Å². The molecule has 2 aromatic rings. The van der Waals surface area contributed by atoms with Crippen molar-refractivity contribution in [2.45, 2.75) is 121 Å². The van der Waals surface area contributed by atoms with Crippen LogP contribution in [0.25, 0.3) is 0 Å². The number of unbranched alkanes of at least 4 members (excludes halogenated alkanes) is 2. The molecular weight excluding hydrogens is 659 g/mol. The number of ether oxygens (including phenoxy) is 3. The molecule has 0 aromatic heterocycles. The quantitative estimate of drug-likeness (QED) is 0.144. The maximum absolute atomic E-state index is 13.3. The Morgan fingerprint density at radius 3 is 2.43 bits per heavy atom. The molecule has 3 aliphatic carbocycles. The lowest BCUT2D eigenvalue weighted by molar-refractivity contribution is -0.284. The zero-order valence-corrected chi connectivity index (χ0v) is 29.2. The van der Waals surface area contributed by atoms with Gasteiger partial charge in [-0.15, -0.1) is 0 Å². The third kappa shape index (κ3) is 8.26. The molecule has 4 aliphatic rings. The van der Waals surface area contributed by atoms with Crippen LogP contribution in [0.5, 0.6) is 11.5 Å². The largest absolute Gasteiger partial charge is 0.494 e. The molecule has 270 valence electrons. The summed E-state index contributed by atoms with van der Waals surface area (Å²) in [4.78, 5) is 13.3. The molecule has 49 heavy (non-hydrogen) atoms. The van der Waals surface area contributed by atoms with E-state index in [4.69, 9.17) is 14.2 Å². The van der Waals surface area contributed by atoms with Gasteiger partial charge in [0.1, 0.15) is 17.3 Å². The predicted octanol–water partition coefficient (Wildman–Crippen LogP) is 10.7. The third-order valence-electron chi connectivity index (χ3n) is 11.5. The first kappa shape index (κ1) is 36.5. The van der Waals surface area contributed by atoms with Gasteiger partial charge in [0, 0.05) is 24.7 Å². The number of fused-ring (bicyclic) bond motifs is 5. The molecule has 3 fully saturated rings. The Morgan fingerprint density at radius 1 is 0.898 bits per heavy atom. The van der Waals surface area contributed by atoms with Crippen molar-refractivity contribution >= 4 is 17.5 Å². The fraction of sp³-hybridized carbons (Fsp3) is 0.667. The molecule has 0 amide bonds. The Morgan fingerprint density at radius 2 is 1.67 bits per heavy atom. The molecule has 6 rings (SSSR count). The molecule has 10 heteroatoms. The molecule has 6 atom stereocenters. The number of hydrogen-bond acceptors (Lipinski definition) is 5. The average molecular weight is 709 g/mol. The lowest BCUT2D eigenvalue weighted by Gasteiger charge is -2.52. The SMILES string of the molecule is C[C@]12C[C@H](c3ccc(OCCCCCSCCCC(F)(F)C(F)(F)F)cc3)[C@@H]3c4ccc(OC5CCCCO5)cc4CC[C@H]3[C@@H]1CCC2=O. The van der Waals surface area contributed by atoms with Crippen LogP contribution in [-0.4, -0.2) is 48.9 Å². The Hall–Kier alpha value is -2.33. The molecule has 0 spiro atoms. The van der Waals surface area contributed by atoms with Crippen molar-refractivity contribution in [1.82, 2.24) is 0 Å². The highest BCUT2D eigenvalue weighted by molar-refractivity contribution is 7.99. The summed E-state index contributed by atoms with van der Waals surface area (Å²) in [5.41, 5.74) is 3.72. The fourth-order valence-electron chi connectivity index (χ4n) is 8.93. The van der Waals surface area contributed by atoms with Crippen molar-refractivity contribution in [1.29, 1.82) is 0 Å². The van der Waals surface area contributed by atoms with Gasteiger partial charge in [0.15, 0.2) is 6.29 Å². The van der Waals surface area contributed by atoms with Gasteiger partial charge in [-0.2, -0.15) is 33.7 Å². The number of carbonyl (C=O) groups is 1. The molecule has 2 saturated carbocycles. The molecule has 1 heterocycles. The number of aryl methyl sites for hydroxylation is 1. The Kier molecular flexibility index (Phi) is 11.5. The lowest BCUT2D eigenvalue weighted by Crippen LogP contribution is -2.46. The van der Waals surface area contributed by atoms with Gasteiger partial charge in [0.05, 0.1) is 13.2 Å². The summed E-state index contributed by atoms with van der Waals surface area (Å²) < 4.78 is 80.9. The smallest absolute Gasteiger partial charge is 0.453 e. The van der Waals surface area contributed by atoms with E-state index in [1.54, 1.807) is 0 Å². The van der Waals surface area contributed by atoms with Gasteiger partial charge in [0.2, 0.25) is 0 Å². The van der Waals surface area contributed by atoms with Gasteiger partial charge in [0.25, 0.3) is 0 Å². The maximum Gasteiger partial charge on any atom is 0.453 e. The number of benzene rings is 2. The monoisotopic (exact) mass is 708 g/mol. The highest BCUT2D eigenvalue weighted by atomic mass is 32.2. The molecule has 1 unspecified atom stereocenters. The predicted molar refractivity (Wildman–Crippen MR) is 182 cm³/mol. The van der Waals surface area contributed by atoms with E-state index in [1.165, 1.54) is 28.5 Å². The highest BCUT2D eigenvalue weighted by Gasteiger charge is 2.58. The first-order valence-corrected chi connectivity index (χ1v) is 19.3. The second kappa shape index (κ2) is 15.5. The van der Waals surface area contributed by atoms with E-state index in [0.29, 0.717) is 42.3 Å². The van der Waals surface area contributed by atoms with Crippen molar-refractivity contribution in [3.63, 3.8) is 0 Å². The maximum atomic E-state index is 13.3. The van der Waals surface area contributed by atoms with Crippen LogP contribution >= 0.6 is 11.8 Å². The Labute approximate surface area is 291 Å². The van der Waals surface area contributed by atoms with Crippen LogP contribution in [-0.2, 0) is 16.0 Å². The summed E-state index contributed by atoms with van der Waals surface area (Å²) >= 11 is 1.42. The number of alkyl halides is 5. The van der Waals surface area contributed by atoms with Crippen LogP contribution in [0.15, 0.2) is 42.5 Å². The van der Waals surface area contributed by atoms with Gasteiger partial charge in [-0.1, -0.05) is 25.1 Å². The summed E-state index contributed by atoms with van der Waals surface area (Å²) in [6.45, 7) is 3.52. The minimum absolute atomic E-state index is 0.159. The van der Waals surface area contributed by atoms with Gasteiger partial charge in [-0.25, -0.2) is 0 Å². The van der Waals surface area contributed by atoms with Crippen LogP contribution in [0, 0.1) is 17.3 Å². The second-order valence-corrected chi connectivity index (χ2v) is 15.9. The molecule has 0 bridgehead atoms. The third-order valence-corrected chi connectivity index (χ3v) is 12.7. The number of ketones is 1. The van der Waals surface area contributed by atoms with Crippen LogP contribution in [0.2, 0.25) is 0 Å². The van der Waals surface area contributed by atoms with Crippen LogP contribution in [0.4, 0.5) is 22.0 Å². The van der Waals surface area contributed by atoms with Crippen LogP contribution in [0.1, 0.15) is 112 Å². The van der Waals surface area contributed by atoms with Gasteiger partial charge in [-0.05, 0) is 140 Å². The number of hydrogen-bond donors (Lipinski definition) is 0. The number of Topliss-reactive ketones (excluding diaryl/α,β-unsaturated/α-hetero) is 1. The number of carbonyl (C=O) groups excluding carboxylic acids is 1. The minimum Gasteiger partial charge on any atom is -0.494 e. The van der Waals surface area contributed by atoms with Gasteiger partial charge >= 0.3 is 12.1 Å². The molecule has 1 saturated heterocycles. The van der Waals surface area contributed by atoms with Crippen molar-refractivity contribution < 1.29 is 41.0 Å². The molecule has 2 aromatic carbocycles. The van der Waals surface area contributed by atoms with E-state index in [-0.39, 0.29) is 24.0 Å². The van der Waals surface area contributed by atoms with E-state index < -0.39 is 18.5 Å². The first-order valence-electron chi connectivity index (χ1n) is 18.2. The second-order valence-electron chi connectivity index (χ2n) is 14.7. The summed E-state index contributed by atoms with van der Waals surface area (Å²) in [5, 5.41) is 0. The number of rotatable bonds is 14. The molecule has 0 N–H and O–H groups in total. The molecule has 4 nitrogen and oxygen atoms in total. The zero-order valence-electron chi connectivity index (χ0n) is 28.4. The topological polar surface area (TPSA) is 44.8 Å². The van der Waals surface area contributed by atoms with E-state index >= 15 is 0 Å². The van der Waals surface area contributed by atoms with E-state index in [9.17, 15) is 26.7 Å². The normalized spacial score (nSPS) is 28.4. The van der Waals surface area contributed by atoms with Crippen molar-refractivity contribution in [2.24, 2.45) is 17.3 Å². The van der Waals surface area contributed by atoms with Gasteiger partial charge < -0.3 is 14.2 Å². The summed E-state index contributed by atoms with van der Waals surface area (Å²) in [7, 11) is 0. The summed E-state index contributed by atoms with van der Waals surface area (Å²) in [5.74, 6) is -0.0317. The molecule has 1 aliphatic heterocycles. The fourth-order valence-corrected chi connectivity index (χ4v) is 9.90. The van der Waals surface area contributed by atoms with Crippen LogP contribution in [0.3, 0.4) is 0 Å². The van der Waals surface area contributed by atoms with Crippen molar-refractivity contribution in [2.75, 3.05) is 24.7 Å². The molecule has 0 radical (unpaired) electrons. The average Bonchev–Trinajstić information content (AvgIpc) is 3.38. The number of halogens is 5. The van der Waals surface area contributed by atoms with E-state index in [1.807, 2.05) is 12.1 Å². The van der Waals surface area contributed by atoms with Crippen molar-refractivity contribution in [3.8, 4) is 11.5 Å². The van der Waals surface area contributed by atoms with Crippen molar-refractivity contribution in [3.05, 3.63) is 59.2 Å². The number of thioether (sulfide) groups is 1. The standard InChI is InChI=1S/C39H49F5O4S/c1-37-25-32(26-9-12-28(13-10-26)46-20-4-2-6-22-49-23-7-19-38(40,41)39(42,43)44)36-30-16-14-29(48-35-8-3-5-21-47-35)24-27(30)11-15-31(36)33(37)17-18-34(37)45/h9-10,12-14,16,24,31-33,35-36H,2-8,11,15,17-23,25H2,1H3/t31-,32+,33-,35?,36+,37-/m0/s1. The Balaban J connectivity index is 1.03. The minimum atomic E-state index is -5.47. The van der Waals surface area contributed by atoms with E-state index in [2.05, 4.69) is 37.3 Å². The van der Waals surface area contributed by atoms with Crippen LogP contribution < -0.4 is 9.47 Å². The summed E-state index contributed by atoms with van der Waals surface area (Å²) in [6.07, 6.45) is 3.36. The first-order chi connectivity index (χ1) is 23.5. The summed E-state index contributed by atoms with van der Waals surface area (Å²) in [6, 6.07) is 15.0.